The summed E-state index contributed by atoms with van der Waals surface area (Å²) in [7, 11) is 1.46. The fourth-order valence-corrected chi connectivity index (χ4v) is 5.75. The first kappa shape index (κ1) is 18.6. The van der Waals surface area contributed by atoms with Gasteiger partial charge in [-0.15, -0.1) is 11.3 Å². The van der Waals surface area contributed by atoms with Gasteiger partial charge in [-0.1, -0.05) is 20.3 Å². The lowest BCUT2D eigenvalue weighted by molar-refractivity contribution is 0.0601. The number of fused-ring (bicyclic) bond motifs is 1. The van der Waals surface area contributed by atoms with Crippen molar-refractivity contribution in [3.05, 3.63) is 16.0 Å². The van der Waals surface area contributed by atoms with Crippen molar-refractivity contribution in [2.45, 2.75) is 52.4 Å². The van der Waals surface area contributed by atoms with Crippen LogP contribution in [0.2, 0.25) is 0 Å². The van der Waals surface area contributed by atoms with Gasteiger partial charge in [0.05, 0.1) is 12.7 Å². The number of nitrogens with zero attached hydrogens (tertiary/aromatic N) is 1. The Kier molecular flexibility index (Phi) is 6.00. The molecule has 1 fully saturated rings. The Morgan fingerprint density at radius 3 is 2.56 bits per heavy atom. The number of hydrogen-bond donors (Lipinski definition) is 1. The van der Waals surface area contributed by atoms with Crippen molar-refractivity contribution in [2.24, 2.45) is 11.8 Å². The summed E-state index contributed by atoms with van der Waals surface area (Å²) in [6.45, 7) is 6.51. The van der Waals surface area contributed by atoms with Crippen LogP contribution in [0.15, 0.2) is 0 Å². The average molecular weight is 381 g/mol. The van der Waals surface area contributed by atoms with Gasteiger partial charge in [-0.2, -0.15) is 0 Å². The topological polar surface area (TPSA) is 41.6 Å². The molecule has 2 atom stereocenters. The van der Waals surface area contributed by atoms with Crippen molar-refractivity contribution >= 4 is 39.6 Å². The standard InChI is InChI=1S/C19H28N2O2S2/c1-12-9-13(2)11-21(10-12)19(24)20-17-16(18(22)23-3)14-7-5-4-6-8-15(14)25-17/h12-13H,4-11H2,1-3H3,(H,20,24). The Bertz CT molecular complexity index is 646. The molecule has 1 aliphatic heterocycles. The molecule has 6 heteroatoms. The monoisotopic (exact) mass is 380 g/mol. The predicted octanol–water partition coefficient (Wildman–Crippen LogP) is 4.48. The van der Waals surface area contributed by atoms with Gasteiger partial charge >= 0.3 is 5.97 Å². The van der Waals surface area contributed by atoms with Crippen LogP contribution >= 0.6 is 23.6 Å². The quantitative estimate of drug-likeness (QED) is 0.465. The molecular weight excluding hydrogens is 352 g/mol. The van der Waals surface area contributed by atoms with E-state index in [1.807, 2.05) is 0 Å². The summed E-state index contributed by atoms with van der Waals surface area (Å²) in [5, 5.41) is 5.00. The van der Waals surface area contributed by atoms with Crippen LogP contribution in [0.1, 0.15) is 60.3 Å². The second-order valence-electron chi connectivity index (χ2n) is 7.54. The number of esters is 1. The van der Waals surface area contributed by atoms with Gasteiger partial charge in [0.15, 0.2) is 5.11 Å². The van der Waals surface area contributed by atoms with Crippen molar-refractivity contribution in [2.75, 3.05) is 25.5 Å². The van der Waals surface area contributed by atoms with Crippen molar-refractivity contribution < 1.29 is 9.53 Å². The van der Waals surface area contributed by atoms with Crippen LogP contribution < -0.4 is 5.32 Å². The van der Waals surface area contributed by atoms with Crippen molar-refractivity contribution in [1.29, 1.82) is 0 Å². The van der Waals surface area contributed by atoms with E-state index in [0.717, 1.165) is 42.5 Å². The van der Waals surface area contributed by atoms with Crippen LogP contribution in [0, 0.1) is 11.8 Å². The normalized spacial score (nSPS) is 23.6. The third-order valence-electron chi connectivity index (χ3n) is 5.19. The number of ether oxygens (including phenoxy) is 1. The van der Waals surface area contributed by atoms with E-state index in [-0.39, 0.29) is 5.97 Å². The number of nitrogens with one attached hydrogen (secondary N) is 1. The van der Waals surface area contributed by atoms with E-state index < -0.39 is 0 Å². The van der Waals surface area contributed by atoms with Crippen LogP contribution in [-0.2, 0) is 17.6 Å². The first-order valence-electron chi connectivity index (χ1n) is 9.28. The van der Waals surface area contributed by atoms with Crippen LogP contribution in [0.25, 0.3) is 0 Å². The Labute approximate surface area is 159 Å². The van der Waals surface area contributed by atoms with Gasteiger partial charge in [-0.3, -0.25) is 0 Å². The number of carbonyl (C=O) groups is 1. The maximum atomic E-state index is 12.4. The first-order chi connectivity index (χ1) is 12.0. The largest absolute Gasteiger partial charge is 0.465 e. The summed E-state index contributed by atoms with van der Waals surface area (Å²) >= 11 is 7.37. The lowest BCUT2D eigenvalue weighted by atomic mass is 9.92. The highest BCUT2D eigenvalue weighted by Gasteiger charge is 2.28. The number of likely N-dealkylation sites (tertiary alicyclic amines) is 1. The van der Waals surface area contributed by atoms with E-state index in [0.29, 0.717) is 17.4 Å². The lowest BCUT2D eigenvalue weighted by Gasteiger charge is -2.36. The van der Waals surface area contributed by atoms with Crippen molar-refractivity contribution in [3.63, 3.8) is 0 Å². The molecule has 1 aliphatic carbocycles. The van der Waals surface area contributed by atoms with E-state index in [9.17, 15) is 4.79 Å². The van der Waals surface area contributed by atoms with E-state index in [4.69, 9.17) is 17.0 Å². The molecule has 138 valence electrons. The van der Waals surface area contributed by atoms with Gasteiger partial charge in [0.25, 0.3) is 0 Å². The summed E-state index contributed by atoms with van der Waals surface area (Å²) in [4.78, 5) is 16.0. The molecule has 1 saturated heterocycles. The van der Waals surface area contributed by atoms with Gasteiger partial charge in [-0.25, -0.2) is 4.79 Å². The fraction of sp³-hybridized carbons (Fsp3) is 0.684. The number of anilines is 1. The highest BCUT2D eigenvalue weighted by Crippen LogP contribution is 2.38. The summed E-state index contributed by atoms with van der Waals surface area (Å²) in [6, 6.07) is 0. The molecule has 0 aromatic carbocycles. The molecule has 1 aromatic heterocycles. The molecule has 0 radical (unpaired) electrons. The average Bonchev–Trinajstić information content (AvgIpc) is 2.74. The second kappa shape index (κ2) is 8.04. The zero-order valence-corrected chi connectivity index (χ0v) is 17.0. The van der Waals surface area contributed by atoms with Gasteiger partial charge in [0.1, 0.15) is 5.00 Å². The third-order valence-corrected chi connectivity index (χ3v) is 6.75. The Balaban J connectivity index is 1.84. The highest BCUT2D eigenvalue weighted by atomic mass is 32.1. The van der Waals surface area contributed by atoms with Crippen molar-refractivity contribution in [3.8, 4) is 0 Å². The fourth-order valence-electron chi connectivity index (χ4n) is 4.15. The van der Waals surface area contributed by atoms with E-state index in [2.05, 4.69) is 24.1 Å². The number of methoxy groups -OCH3 is 1. The zero-order chi connectivity index (χ0) is 18.0. The molecule has 0 bridgehead atoms. The van der Waals surface area contributed by atoms with E-state index in [1.165, 1.54) is 36.8 Å². The zero-order valence-electron chi connectivity index (χ0n) is 15.4. The molecule has 2 aliphatic rings. The van der Waals surface area contributed by atoms with Gasteiger partial charge in [0.2, 0.25) is 0 Å². The maximum Gasteiger partial charge on any atom is 0.341 e. The number of piperidine rings is 1. The van der Waals surface area contributed by atoms with Gasteiger partial charge in [-0.05, 0) is 61.7 Å². The third kappa shape index (κ3) is 4.17. The predicted molar refractivity (Wildman–Crippen MR) is 108 cm³/mol. The number of rotatable bonds is 2. The number of aryl methyl sites for hydroxylation is 1. The Morgan fingerprint density at radius 1 is 1.20 bits per heavy atom. The Morgan fingerprint density at radius 2 is 1.88 bits per heavy atom. The van der Waals surface area contributed by atoms with Crippen molar-refractivity contribution in [1.82, 2.24) is 4.90 Å². The summed E-state index contributed by atoms with van der Waals surface area (Å²) in [5.74, 6) is 1.04. The number of hydrogen-bond acceptors (Lipinski definition) is 4. The van der Waals surface area contributed by atoms with Crippen LogP contribution in [-0.4, -0.2) is 36.2 Å². The van der Waals surface area contributed by atoms with Crippen LogP contribution in [0.4, 0.5) is 5.00 Å². The summed E-state index contributed by atoms with van der Waals surface area (Å²) < 4.78 is 5.07. The number of thiocarbonyl (C=S) groups is 1. The molecule has 3 rings (SSSR count). The minimum absolute atomic E-state index is 0.245. The summed E-state index contributed by atoms with van der Waals surface area (Å²) in [6.07, 6.45) is 6.82. The molecule has 0 saturated carbocycles. The smallest absolute Gasteiger partial charge is 0.341 e. The Hall–Kier alpha value is -1.14. The maximum absolute atomic E-state index is 12.4. The van der Waals surface area contributed by atoms with Gasteiger partial charge in [0, 0.05) is 18.0 Å². The molecule has 1 aromatic rings. The van der Waals surface area contributed by atoms with E-state index in [1.54, 1.807) is 11.3 Å². The molecule has 0 spiro atoms. The van der Waals surface area contributed by atoms with Crippen LogP contribution in [0.5, 0.6) is 0 Å². The van der Waals surface area contributed by atoms with E-state index >= 15 is 0 Å². The summed E-state index contributed by atoms with van der Waals surface area (Å²) in [5.41, 5.74) is 1.89. The molecule has 2 unspecified atom stereocenters. The molecular formula is C19H28N2O2S2. The number of thiophene rings is 1. The SMILES string of the molecule is COC(=O)c1c(NC(=S)N2CC(C)CC(C)C2)sc2c1CCCCC2. The van der Waals surface area contributed by atoms with Crippen LogP contribution in [0.3, 0.4) is 0 Å². The minimum atomic E-state index is -0.245. The molecule has 1 N–H and O–H groups in total. The number of carbonyl (C=O) groups excluding carboxylic acids is 1. The minimum Gasteiger partial charge on any atom is -0.465 e. The second-order valence-corrected chi connectivity index (χ2v) is 9.03. The molecule has 2 heterocycles. The molecule has 25 heavy (non-hydrogen) atoms. The molecule has 0 amide bonds. The lowest BCUT2D eigenvalue weighted by Crippen LogP contribution is -2.44. The molecule has 4 nitrogen and oxygen atoms in total. The van der Waals surface area contributed by atoms with Gasteiger partial charge < -0.3 is 15.0 Å². The first-order valence-corrected chi connectivity index (χ1v) is 10.5. The highest BCUT2D eigenvalue weighted by molar-refractivity contribution is 7.80.